The summed E-state index contributed by atoms with van der Waals surface area (Å²) in [6, 6.07) is 7.11. The third-order valence-electron chi connectivity index (χ3n) is 1.67. The second-order valence-electron chi connectivity index (χ2n) is 2.88. The van der Waals surface area contributed by atoms with Gasteiger partial charge in [0.05, 0.1) is 6.54 Å². The predicted molar refractivity (Wildman–Crippen MR) is 59.8 cm³/mol. The maximum absolute atomic E-state index is 11.0. The summed E-state index contributed by atoms with van der Waals surface area (Å²) in [5, 5.41) is 2.64. The van der Waals surface area contributed by atoms with Crippen LogP contribution >= 0.6 is 0 Å². The summed E-state index contributed by atoms with van der Waals surface area (Å²) >= 11 is 0. The number of hydrogen-bond acceptors (Lipinski definition) is 3. The summed E-state index contributed by atoms with van der Waals surface area (Å²) < 4.78 is 5.31. The lowest BCUT2D eigenvalue weighted by Gasteiger charge is -2.06. The van der Waals surface area contributed by atoms with Crippen LogP contribution in [0.4, 0.5) is 5.69 Å². The third kappa shape index (κ3) is 3.83. The molecule has 0 radical (unpaired) electrons. The standard InChI is InChI=1S/C11H14N2O2/c1-2-6-15-10-5-3-4-9(7-10)13-11(14)8-12/h2-5,7H,1,6,8,12H2,(H,13,14). The number of amides is 1. The van der Waals surface area contributed by atoms with Crippen LogP contribution in [0, 0.1) is 0 Å². The van der Waals surface area contributed by atoms with Crippen molar-refractivity contribution < 1.29 is 9.53 Å². The summed E-state index contributed by atoms with van der Waals surface area (Å²) in [5.74, 6) is 0.459. The molecule has 0 aliphatic rings. The highest BCUT2D eigenvalue weighted by Gasteiger charge is 2.00. The summed E-state index contributed by atoms with van der Waals surface area (Å²) in [4.78, 5) is 11.0. The van der Waals surface area contributed by atoms with Crippen molar-refractivity contribution >= 4 is 11.6 Å². The molecule has 4 heteroatoms. The fraction of sp³-hybridized carbons (Fsp3) is 0.182. The molecule has 80 valence electrons. The van der Waals surface area contributed by atoms with Crippen LogP contribution in [0.1, 0.15) is 0 Å². The van der Waals surface area contributed by atoms with E-state index in [-0.39, 0.29) is 12.5 Å². The van der Waals surface area contributed by atoms with Crippen molar-refractivity contribution in [2.75, 3.05) is 18.5 Å². The van der Waals surface area contributed by atoms with E-state index in [4.69, 9.17) is 10.5 Å². The Morgan fingerprint density at radius 3 is 3.07 bits per heavy atom. The predicted octanol–water partition coefficient (Wildman–Crippen LogP) is 1.15. The number of carbonyl (C=O) groups is 1. The summed E-state index contributed by atoms with van der Waals surface area (Å²) in [7, 11) is 0. The van der Waals surface area contributed by atoms with Gasteiger partial charge in [0.25, 0.3) is 0 Å². The molecule has 3 N–H and O–H groups in total. The lowest BCUT2D eigenvalue weighted by molar-refractivity contribution is -0.114. The van der Waals surface area contributed by atoms with Gasteiger partial charge in [-0.15, -0.1) is 0 Å². The second-order valence-corrected chi connectivity index (χ2v) is 2.88. The van der Waals surface area contributed by atoms with Gasteiger partial charge in [0.2, 0.25) is 5.91 Å². The highest BCUT2D eigenvalue weighted by molar-refractivity contribution is 5.92. The monoisotopic (exact) mass is 206 g/mol. The molecule has 1 aromatic rings. The summed E-state index contributed by atoms with van der Waals surface area (Å²) in [5.41, 5.74) is 5.85. The highest BCUT2D eigenvalue weighted by atomic mass is 16.5. The van der Waals surface area contributed by atoms with E-state index in [1.54, 1.807) is 24.3 Å². The quantitative estimate of drug-likeness (QED) is 0.710. The Hall–Kier alpha value is -1.81. The Balaban J connectivity index is 2.65. The van der Waals surface area contributed by atoms with Crippen LogP contribution in [0.15, 0.2) is 36.9 Å². The minimum absolute atomic E-state index is 0.0300. The van der Waals surface area contributed by atoms with E-state index in [0.29, 0.717) is 18.0 Å². The van der Waals surface area contributed by atoms with Crippen LogP contribution < -0.4 is 15.8 Å². The van der Waals surface area contributed by atoms with Gasteiger partial charge >= 0.3 is 0 Å². The van der Waals surface area contributed by atoms with Crippen molar-refractivity contribution in [3.05, 3.63) is 36.9 Å². The minimum atomic E-state index is -0.226. The van der Waals surface area contributed by atoms with E-state index in [1.807, 2.05) is 6.07 Å². The highest BCUT2D eigenvalue weighted by Crippen LogP contribution is 2.16. The molecule has 0 aliphatic carbocycles. The lowest BCUT2D eigenvalue weighted by atomic mass is 10.3. The third-order valence-corrected chi connectivity index (χ3v) is 1.67. The Kier molecular flexibility index (Phi) is 4.37. The van der Waals surface area contributed by atoms with E-state index < -0.39 is 0 Å². The molecule has 0 heterocycles. The zero-order valence-corrected chi connectivity index (χ0v) is 8.40. The van der Waals surface area contributed by atoms with E-state index >= 15 is 0 Å². The number of nitrogens with two attached hydrogens (primary N) is 1. The van der Waals surface area contributed by atoms with Gasteiger partial charge in [-0.3, -0.25) is 4.79 Å². The molecule has 0 fully saturated rings. The molecular weight excluding hydrogens is 192 g/mol. The van der Waals surface area contributed by atoms with Crippen molar-refractivity contribution in [2.24, 2.45) is 5.73 Å². The lowest BCUT2D eigenvalue weighted by Crippen LogP contribution is -2.21. The van der Waals surface area contributed by atoms with E-state index in [0.717, 1.165) is 0 Å². The fourth-order valence-electron chi connectivity index (χ4n) is 1.03. The molecule has 1 rings (SSSR count). The topological polar surface area (TPSA) is 64.3 Å². The number of carbonyl (C=O) groups excluding carboxylic acids is 1. The maximum atomic E-state index is 11.0. The maximum Gasteiger partial charge on any atom is 0.238 e. The van der Waals surface area contributed by atoms with Gasteiger partial charge in [0.1, 0.15) is 12.4 Å². The zero-order valence-electron chi connectivity index (χ0n) is 8.40. The van der Waals surface area contributed by atoms with Crippen molar-refractivity contribution in [3.63, 3.8) is 0 Å². The van der Waals surface area contributed by atoms with Crippen LogP contribution in [0.25, 0.3) is 0 Å². The smallest absolute Gasteiger partial charge is 0.238 e. The molecule has 0 saturated heterocycles. The molecule has 0 atom stereocenters. The van der Waals surface area contributed by atoms with Crippen molar-refractivity contribution in [3.8, 4) is 5.75 Å². The summed E-state index contributed by atoms with van der Waals surface area (Å²) in [6.07, 6.45) is 1.66. The molecule has 1 amide bonds. The van der Waals surface area contributed by atoms with Gasteiger partial charge in [-0.2, -0.15) is 0 Å². The molecule has 1 aromatic carbocycles. The van der Waals surface area contributed by atoms with Gasteiger partial charge in [-0.25, -0.2) is 0 Å². The van der Waals surface area contributed by atoms with Crippen molar-refractivity contribution in [1.29, 1.82) is 0 Å². The molecule has 4 nitrogen and oxygen atoms in total. The first-order chi connectivity index (χ1) is 7.26. The normalized spacial score (nSPS) is 9.40. The minimum Gasteiger partial charge on any atom is -0.489 e. The van der Waals surface area contributed by atoms with Crippen LogP contribution in [0.2, 0.25) is 0 Å². The van der Waals surface area contributed by atoms with E-state index in [1.165, 1.54) is 0 Å². The molecule has 0 aromatic heterocycles. The van der Waals surface area contributed by atoms with Gasteiger partial charge in [-0.05, 0) is 12.1 Å². The first kappa shape index (κ1) is 11.3. The first-order valence-electron chi connectivity index (χ1n) is 4.60. The van der Waals surface area contributed by atoms with Gasteiger partial charge < -0.3 is 15.8 Å². The number of benzene rings is 1. The molecule has 15 heavy (non-hydrogen) atoms. The van der Waals surface area contributed by atoms with Crippen LogP contribution in [-0.2, 0) is 4.79 Å². The fourth-order valence-corrected chi connectivity index (χ4v) is 1.03. The van der Waals surface area contributed by atoms with Crippen LogP contribution in [0.3, 0.4) is 0 Å². The van der Waals surface area contributed by atoms with E-state index in [9.17, 15) is 4.79 Å². The molecule has 0 aliphatic heterocycles. The summed E-state index contributed by atoms with van der Waals surface area (Å²) in [6.45, 7) is 3.96. The Morgan fingerprint density at radius 2 is 2.40 bits per heavy atom. The molecule has 0 bridgehead atoms. The van der Waals surface area contributed by atoms with Gasteiger partial charge in [0, 0.05) is 11.8 Å². The molecule has 0 spiro atoms. The zero-order chi connectivity index (χ0) is 11.1. The van der Waals surface area contributed by atoms with Gasteiger partial charge in [-0.1, -0.05) is 18.7 Å². The first-order valence-corrected chi connectivity index (χ1v) is 4.60. The van der Waals surface area contributed by atoms with Crippen LogP contribution in [0.5, 0.6) is 5.75 Å². The van der Waals surface area contributed by atoms with Gasteiger partial charge in [0.15, 0.2) is 0 Å². The SMILES string of the molecule is C=CCOc1cccc(NC(=O)CN)c1. The average molecular weight is 206 g/mol. The number of anilines is 1. The molecule has 0 saturated carbocycles. The molecular formula is C11H14N2O2. The Morgan fingerprint density at radius 1 is 1.60 bits per heavy atom. The van der Waals surface area contributed by atoms with Crippen molar-refractivity contribution in [2.45, 2.75) is 0 Å². The Bertz CT molecular complexity index is 350. The molecule has 0 unspecified atom stereocenters. The number of ether oxygens (including phenoxy) is 1. The largest absolute Gasteiger partial charge is 0.489 e. The number of nitrogens with one attached hydrogen (secondary N) is 1. The van der Waals surface area contributed by atoms with E-state index in [2.05, 4.69) is 11.9 Å². The Labute approximate surface area is 88.7 Å². The van der Waals surface area contributed by atoms with Crippen molar-refractivity contribution in [1.82, 2.24) is 0 Å². The average Bonchev–Trinajstić information content (AvgIpc) is 2.26. The second kappa shape index (κ2) is 5.82. The number of hydrogen-bond donors (Lipinski definition) is 2. The number of rotatable bonds is 5. The van der Waals surface area contributed by atoms with Crippen LogP contribution in [-0.4, -0.2) is 19.1 Å².